The van der Waals surface area contributed by atoms with Crippen molar-refractivity contribution < 1.29 is 33.8 Å². The molecule has 4 N–H and O–H groups in total. The monoisotopic (exact) mass is 577 g/mol. The van der Waals surface area contributed by atoms with Crippen LogP contribution >= 0.6 is 0 Å². The zero-order chi connectivity index (χ0) is 30.2. The molecular weight excluding hydrogens is 546 g/mol. The van der Waals surface area contributed by atoms with Gasteiger partial charge in [-0.25, -0.2) is 14.4 Å². The minimum atomic E-state index is -1.41. The number of H-pyrrole nitrogens is 1. The van der Waals surface area contributed by atoms with E-state index in [0.29, 0.717) is 18.4 Å². The van der Waals surface area contributed by atoms with Gasteiger partial charge in [-0.05, 0) is 25.0 Å². The highest BCUT2D eigenvalue weighted by atomic mass is 16.5. The molecule has 2 heterocycles. The van der Waals surface area contributed by atoms with E-state index < -0.39 is 29.6 Å². The lowest BCUT2D eigenvalue weighted by Gasteiger charge is -2.32. The third kappa shape index (κ3) is 6.92. The quantitative estimate of drug-likeness (QED) is 0.263. The van der Waals surface area contributed by atoms with Crippen molar-refractivity contribution in [2.45, 2.75) is 25.3 Å². The van der Waals surface area contributed by atoms with Gasteiger partial charge in [-0.2, -0.15) is 4.98 Å². The average Bonchev–Trinajstić information content (AvgIpc) is 3.01. The standard InChI is InChI=1S/C29H31N5O8/c1-41-21-9-6-10-22(42-2)23(21)26(36)32-25-19(16-30-28(39)33-25)15-20(27(37)38)31-29(40)34-13-11-18(12-14-34)24(35)17-7-4-3-5-8-17/h3-10,16,18,20H,11-15H2,1-2H3,(H,31,40)(H,37,38)(H2,30,32,33,36,39). The minimum absolute atomic E-state index is 0.0185. The van der Waals surface area contributed by atoms with E-state index in [4.69, 9.17) is 9.47 Å². The summed E-state index contributed by atoms with van der Waals surface area (Å²) in [5.74, 6) is -2.00. The summed E-state index contributed by atoms with van der Waals surface area (Å²) in [6.45, 7) is 0.563. The van der Waals surface area contributed by atoms with Gasteiger partial charge < -0.3 is 35.1 Å². The molecule has 13 nitrogen and oxygen atoms in total. The van der Waals surface area contributed by atoms with Crippen LogP contribution in [-0.2, 0) is 11.2 Å². The van der Waals surface area contributed by atoms with Gasteiger partial charge in [0.15, 0.2) is 5.78 Å². The van der Waals surface area contributed by atoms with Crippen molar-refractivity contribution in [3.05, 3.63) is 81.9 Å². The van der Waals surface area contributed by atoms with Crippen LogP contribution in [0.1, 0.15) is 39.1 Å². The second kappa shape index (κ2) is 13.4. The maximum Gasteiger partial charge on any atom is 0.346 e. The fourth-order valence-electron chi connectivity index (χ4n) is 4.77. The van der Waals surface area contributed by atoms with E-state index in [0.717, 1.165) is 0 Å². The Hall–Kier alpha value is -5.20. The Morgan fingerprint density at radius 3 is 2.26 bits per heavy atom. The predicted octanol–water partition coefficient (Wildman–Crippen LogP) is 2.34. The first-order valence-corrected chi connectivity index (χ1v) is 13.2. The van der Waals surface area contributed by atoms with Crippen molar-refractivity contribution in [2.24, 2.45) is 5.92 Å². The number of anilines is 1. The van der Waals surface area contributed by atoms with Gasteiger partial charge in [0.1, 0.15) is 28.9 Å². The number of aliphatic carboxylic acids is 1. The minimum Gasteiger partial charge on any atom is -0.496 e. The number of ether oxygens (including phenoxy) is 2. The Morgan fingerprint density at radius 2 is 1.67 bits per heavy atom. The number of likely N-dealkylation sites (tertiary alicyclic amines) is 1. The van der Waals surface area contributed by atoms with Gasteiger partial charge in [-0.15, -0.1) is 0 Å². The Labute approximate surface area is 240 Å². The lowest BCUT2D eigenvalue weighted by molar-refractivity contribution is -0.139. The molecule has 1 unspecified atom stereocenters. The maximum atomic E-state index is 13.2. The summed E-state index contributed by atoms with van der Waals surface area (Å²) in [7, 11) is 2.76. The van der Waals surface area contributed by atoms with E-state index in [2.05, 4.69) is 20.6 Å². The lowest BCUT2D eigenvalue weighted by Crippen LogP contribution is -2.51. The Morgan fingerprint density at radius 1 is 1.02 bits per heavy atom. The van der Waals surface area contributed by atoms with Crippen molar-refractivity contribution in [1.29, 1.82) is 0 Å². The number of amides is 3. The van der Waals surface area contributed by atoms with E-state index in [1.165, 1.54) is 25.3 Å². The second-order valence-corrected chi connectivity index (χ2v) is 9.61. The Kier molecular flexibility index (Phi) is 9.53. The molecule has 0 spiro atoms. The van der Waals surface area contributed by atoms with Gasteiger partial charge >= 0.3 is 17.7 Å². The molecule has 13 heteroatoms. The normalized spacial score (nSPS) is 14.0. The summed E-state index contributed by atoms with van der Waals surface area (Å²) in [6.07, 6.45) is 1.83. The molecule has 1 aliphatic rings. The lowest BCUT2D eigenvalue weighted by atomic mass is 9.89. The SMILES string of the molecule is COc1cccc(OC)c1C(=O)Nc1nc(=O)[nH]cc1CC(NC(=O)N1CCC(C(=O)c2ccccc2)CC1)C(=O)O. The number of carboxylic acid groups (broad SMARTS) is 1. The number of nitrogens with zero attached hydrogens (tertiary/aromatic N) is 2. The molecule has 2 aromatic carbocycles. The summed E-state index contributed by atoms with van der Waals surface area (Å²) < 4.78 is 10.5. The van der Waals surface area contributed by atoms with E-state index in [-0.39, 0.29) is 59.7 Å². The number of carbonyl (C=O) groups is 4. The first-order valence-electron chi connectivity index (χ1n) is 13.2. The van der Waals surface area contributed by atoms with E-state index in [9.17, 15) is 29.1 Å². The molecule has 1 aliphatic heterocycles. The molecule has 0 bridgehead atoms. The molecule has 1 aromatic heterocycles. The molecule has 0 aliphatic carbocycles. The highest BCUT2D eigenvalue weighted by molar-refractivity contribution is 6.08. The van der Waals surface area contributed by atoms with E-state index >= 15 is 0 Å². The zero-order valence-corrected chi connectivity index (χ0v) is 23.1. The number of carbonyl (C=O) groups excluding carboxylic acids is 3. The van der Waals surface area contributed by atoms with Gasteiger partial charge in [0.25, 0.3) is 5.91 Å². The molecule has 3 amide bonds. The van der Waals surface area contributed by atoms with E-state index in [1.54, 1.807) is 42.5 Å². The van der Waals surface area contributed by atoms with Crippen LogP contribution in [0.25, 0.3) is 0 Å². The van der Waals surface area contributed by atoms with Gasteiger partial charge in [0.05, 0.1) is 14.2 Å². The average molecular weight is 578 g/mol. The number of methoxy groups -OCH3 is 2. The van der Waals surface area contributed by atoms with Crippen molar-refractivity contribution in [1.82, 2.24) is 20.2 Å². The molecule has 4 rings (SSSR count). The molecular formula is C29H31N5O8. The number of hydrogen-bond acceptors (Lipinski definition) is 8. The van der Waals surface area contributed by atoms with Crippen LogP contribution in [0.4, 0.5) is 10.6 Å². The number of carboxylic acids is 1. The van der Waals surface area contributed by atoms with Crippen LogP contribution in [0.2, 0.25) is 0 Å². The van der Waals surface area contributed by atoms with Gasteiger partial charge in [0.2, 0.25) is 0 Å². The summed E-state index contributed by atoms with van der Waals surface area (Å²) in [6, 6.07) is 11.7. The van der Waals surface area contributed by atoms with Crippen molar-refractivity contribution in [2.75, 3.05) is 32.6 Å². The van der Waals surface area contributed by atoms with Crippen LogP contribution < -0.4 is 25.8 Å². The number of aromatic amines is 1. The molecule has 0 radical (unpaired) electrons. The van der Waals surface area contributed by atoms with Crippen LogP contribution in [0.15, 0.2) is 59.5 Å². The predicted molar refractivity (Wildman–Crippen MR) is 151 cm³/mol. The number of aromatic nitrogens is 2. The Balaban J connectivity index is 1.44. The van der Waals surface area contributed by atoms with Crippen LogP contribution in [0.3, 0.4) is 0 Å². The fraction of sp³-hybridized carbons (Fsp3) is 0.310. The smallest absolute Gasteiger partial charge is 0.346 e. The summed E-state index contributed by atoms with van der Waals surface area (Å²) >= 11 is 0. The number of benzene rings is 2. The van der Waals surface area contributed by atoms with Crippen molar-refractivity contribution in [3.63, 3.8) is 0 Å². The van der Waals surface area contributed by atoms with Gasteiger partial charge in [-0.1, -0.05) is 36.4 Å². The third-order valence-electron chi connectivity index (χ3n) is 7.01. The Bertz CT molecular complexity index is 1490. The number of nitrogens with one attached hydrogen (secondary N) is 3. The van der Waals surface area contributed by atoms with E-state index in [1.807, 2.05) is 6.07 Å². The summed E-state index contributed by atoms with van der Waals surface area (Å²) in [5.41, 5.74) is 0.0576. The zero-order valence-electron chi connectivity index (χ0n) is 23.1. The molecule has 1 fully saturated rings. The maximum absolute atomic E-state index is 13.2. The van der Waals surface area contributed by atoms with Crippen LogP contribution in [-0.4, -0.2) is 77.0 Å². The number of hydrogen-bond donors (Lipinski definition) is 4. The molecule has 1 saturated heterocycles. The van der Waals surface area contributed by atoms with Crippen LogP contribution in [0.5, 0.6) is 11.5 Å². The second-order valence-electron chi connectivity index (χ2n) is 9.61. The molecule has 3 aromatic rings. The number of Topliss-reactive ketones (excluding diaryl/α,β-unsaturated/α-hetero) is 1. The highest BCUT2D eigenvalue weighted by Gasteiger charge is 2.31. The number of urea groups is 1. The first-order chi connectivity index (χ1) is 20.2. The molecule has 220 valence electrons. The molecule has 0 saturated carbocycles. The molecule has 42 heavy (non-hydrogen) atoms. The van der Waals surface area contributed by atoms with Crippen molar-refractivity contribution >= 4 is 29.5 Å². The first kappa shape index (κ1) is 29.8. The summed E-state index contributed by atoms with van der Waals surface area (Å²) in [4.78, 5) is 70.7. The van der Waals surface area contributed by atoms with Crippen LogP contribution in [0, 0.1) is 5.92 Å². The topological polar surface area (TPSA) is 180 Å². The molecule has 1 atom stereocenters. The highest BCUT2D eigenvalue weighted by Crippen LogP contribution is 2.29. The number of rotatable bonds is 10. The number of ketones is 1. The summed E-state index contributed by atoms with van der Waals surface area (Å²) in [5, 5.41) is 14.9. The number of piperidine rings is 1. The van der Waals surface area contributed by atoms with Crippen molar-refractivity contribution in [3.8, 4) is 11.5 Å². The largest absolute Gasteiger partial charge is 0.496 e. The van der Waals surface area contributed by atoms with Gasteiger partial charge in [-0.3, -0.25) is 9.59 Å². The fourth-order valence-corrected chi connectivity index (χ4v) is 4.77. The third-order valence-corrected chi connectivity index (χ3v) is 7.01. The van der Waals surface area contributed by atoms with Gasteiger partial charge in [0, 0.05) is 42.8 Å².